The second-order valence-corrected chi connectivity index (χ2v) is 4.92. The topological polar surface area (TPSA) is 20.2 Å². The predicted molar refractivity (Wildman–Crippen MR) is 62.5 cm³/mol. The number of rotatable bonds is 1. The number of aromatic hydroxyl groups is 1. The molecule has 1 aromatic heterocycles. The minimum Gasteiger partial charge on any atom is -0.506 e. The Labute approximate surface area is 90.2 Å². The predicted octanol–water partition coefficient (Wildman–Crippen LogP) is 3.62. The van der Waals surface area contributed by atoms with Crippen LogP contribution in [0.3, 0.4) is 0 Å². The van der Waals surface area contributed by atoms with E-state index in [1.165, 1.54) is 0 Å². The summed E-state index contributed by atoms with van der Waals surface area (Å²) in [6.45, 7) is 0. The summed E-state index contributed by atoms with van der Waals surface area (Å²) in [7, 11) is 0. The summed E-state index contributed by atoms with van der Waals surface area (Å²) in [6, 6.07) is 3.95. The molecule has 0 amide bonds. The maximum atomic E-state index is 9.59. The largest absolute Gasteiger partial charge is 0.506 e. The molecule has 1 N–H and O–H groups in total. The molecule has 0 aliphatic carbocycles. The van der Waals surface area contributed by atoms with Crippen molar-refractivity contribution in [1.82, 2.24) is 0 Å². The van der Waals surface area contributed by atoms with Crippen molar-refractivity contribution in [1.29, 1.82) is 0 Å². The molecule has 68 valence electrons. The van der Waals surface area contributed by atoms with Gasteiger partial charge in [-0.1, -0.05) is 0 Å². The first kappa shape index (κ1) is 9.24. The van der Waals surface area contributed by atoms with Gasteiger partial charge in [-0.25, -0.2) is 0 Å². The molecule has 0 fully saturated rings. The van der Waals surface area contributed by atoms with Crippen molar-refractivity contribution in [2.75, 3.05) is 6.26 Å². The minimum absolute atomic E-state index is 0.373. The molecular formula is C9H8OS3. The van der Waals surface area contributed by atoms with Gasteiger partial charge in [0.15, 0.2) is 0 Å². The van der Waals surface area contributed by atoms with Crippen LogP contribution in [0.5, 0.6) is 5.75 Å². The van der Waals surface area contributed by atoms with Crippen molar-refractivity contribution in [3.05, 3.63) is 17.5 Å². The van der Waals surface area contributed by atoms with E-state index in [1.807, 2.05) is 18.4 Å². The van der Waals surface area contributed by atoms with Crippen molar-refractivity contribution < 1.29 is 5.11 Å². The first-order chi connectivity index (χ1) is 6.22. The molecule has 1 heterocycles. The molecule has 0 unspecified atom stereocenters. The standard InChI is InChI=1S/C9H8OS3/c1-12-7-2-5(11)3-8-9(7)6(10)4-13-8/h2-4,10-11H,1H3. The Morgan fingerprint density at radius 2 is 2.23 bits per heavy atom. The Hall–Kier alpha value is -0.320. The van der Waals surface area contributed by atoms with Gasteiger partial charge in [-0.2, -0.15) is 0 Å². The van der Waals surface area contributed by atoms with E-state index in [9.17, 15) is 5.11 Å². The zero-order valence-electron chi connectivity index (χ0n) is 6.94. The van der Waals surface area contributed by atoms with Crippen molar-refractivity contribution in [2.24, 2.45) is 0 Å². The summed E-state index contributed by atoms with van der Waals surface area (Å²) >= 11 is 7.48. The molecule has 4 heteroatoms. The van der Waals surface area contributed by atoms with Crippen LogP contribution in [-0.4, -0.2) is 11.4 Å². The van der Waals surface area contributed by atoms with Crippen LogP contribution in [0.2, 0.25) is 0 Å². The van der Waals surface area contributed by atoms with E-state index >= 15 is 0 Å². The first-order valence-corrected chi connectivity index (χ1v) is 6.24. The van der Waals surface area contributed by atoms with Crippen LogP contribution < -0.4 is 0 Å². The van der Waals surface area contributed by atoms with E-state index in [-0.39, 0.29) is 0 Å². The molecule has 0 saturated carbocycles. The molecule has 0 saturated heterocycles. The first-order valence-electron chi connectivity index (χ1n) is 3.69. The lowest BCUT2D eigenvalue weighted by molar-refractivity contribution is 0.483. The van der Waals surface area contributed by atoms with Gasteiger partial charge < -0.3 is 5.11 Å². The number of thioether (sulfide) groups is 1. The van der Waals surface area contributed by atoms with E-state index in [1.54, 1.807) is 28.5 Å². The number of thiol groups is 1. The quantitative estimate of drug-likeness (QED) is 0.574. The van der Waals surface area contributed by atoms with Crippen LogP contribution in [0.1, 0.15) is 0 Å². The summed E-state index contributed by atoms with van der Waals surface area (Å²) in [5.74, 6) is 0.373. The van der Waals surface area contributed by atoms with Gasteiger partial charge in [-0.15, -0.1) is 35.7 Å². The Bertz CT molecular complexity index is 447. The van der Waals surface area contributed by atoms with Crippen LogP contribution in [-0.2, 0) is 0 Å². The van der Waals surface area contributed by atoms with E-state index in [0.29, 0.717) is 5.75 Å². The van der Waals surface area contributed by atoms with Crippen molar-refractivity contribution >= 4 is 45.8 Å². The van der Waals surface area contributed by atoms with Crippen LogP contribution in [0.4, 0.5) is 0 Å². The second-order valence-electron chi connectivity index (χ2n) is 2.64. The molecule has 0 aliphatic rings. The van der Waals surface area contributed by atoms with Crippen molar-refractivity contribution in [3.8, 4) is 5.75 Å². The molecule has 13 heavy (non-hydrogen) atoms. The fourth-order valence-electron chi connectivity index (χ4n) is 1.26. The zero-order valence-corrected chi connectivity index (χ0v) is 9.47. The van der Waals surface area contributed by atoms with Crippen LogP contribution in [0, 0.1) is 0 Å². The summed E-state index contributed by atoms with van der Waals surface area (Å²) in [4.78, 5) is 2.03. The smallest absolute Gasteiger partial charge is 0.135 e. The highest BCUT2D eigenvalue weighted by molar-refractivity contribution is 7.98. The van der Waals surface area contributed by atoms with E-state index in [4.69, 9.17) is 0 Å². The summed E-state index contributed by atoms with van der Waals surface area (Å²) in [6.07, 6.45) is 2.00. The van der Waals surface area contributed by atoms with E-state index < -0.39 is 0 Å². The molecule has 0 radical (unpaired) electrons. The minimum atomic E-state index is 0.373. The van der Waals surface area contributed by atoms with Crippen LogP contribution in [0.15, 0.2) is 27.3 Å². The van der Waals surface area contributed by atoms with Gasteiger partial charge in [0.2, 0.25) is 0 Å². The fraction of sp³-hybridized carbons (Fsp3) is 0.111. The Morgan fingerprint density at radius 3 is 2.92 bits per heavy atom. The summed E-state index contributed by atoms with van der Waals surface area (Å²) < 4.78 is 1.09. The highest BCUT2D eigenvalue weighted by Crippen LogP contribution is 2.39. The third-order valence-electron chi connectivity index (χ3n) is 1.82. The van der Waals surface area contributed by atoms with Gasteiger partial charge in [0, 0.05) is 25.3 Å². The van der Waals surface area contributed by atoms with Crippen molar-refractivity contribution in [3.63, 3.8) is 0 Å². The number of hydrogen-bond donors (Lipinski definition) is 2. The van der Waals surface area contributed by atoms with Crippen molar-refractivity contribution in [2.45, 2.75) is 9.79 Å². The SMILES string of the molecule is CSc1cc(S)cc2scc(O)c12. The molecule has 2 aromatic rings. The average molecular weight is 228 g/mol. The second kappa shape index (κ2) is 3.44. The number of hydrogen-bond acceptors (Lipinski definition) is 4. The zero-order chi connectivity index (χ0) is 9.42. The Morgan fingerprint density at radius 1 is 1.46 bits per heavy atom. The molecule has 1 aromatic carbocycles. The van der Waals surface area contributed by atoms with Gasteiger partial charge >= 0.3 is 0 Å². The van der Waals surface area contributed by atoms with Gasteiger partial charge in [0.1, 0.15) is 5.75 Å². The van der Waals surface area contributed by atoms with Gasteiger partial charge in [-0.05, 0) is 18.4 Å². The maximum Gasteiger partial charge on any atom is 0.135 e. The highest BCUT2D eigenvalue weighted by atomic mass is 32.2. The summed E-state index contributed by atoms with van der Waals surface area (Å²) in [5.41, 5.74) is 0. The highest BCUT2D eigenvalue weighted by Gasteiger charge is 2.08. The number of fused-ring (bicyclic) bond motifs is 1. The summed E-state index contributed by atoms with van der Waals surface area (Å²) in [5, 5.41) is 12.3. The molecule has 0 atom stereocenters. The maximum absolute atomic E-state index is 9.59. The molecule has 0 spiro atoms. The lowest BCUT2D eigenvalue weighted by atomic mass is 10.2. The third-order valence-corrected chi connectivity index (χ3v) is 3.76. The lowest BCUT2D eigenvalue weighted by Gasteiger charge is -2.01. The molecule has 0 bridgehead atoms. The van der Waals surface area contributed by atoms with Crippen LogP contribution in [0.25, 0.3) is 10.1 Å². The number of benzene rings is 1. The molecule has 0 aliphatic heterocycles. The van der Waals surface area contributed by atoms with E-state index in [2.05, 4.69) is 12.6 Å². The Kier molecular flexibility index (Phi) is 2.45. The normalized spacial score (nSPS) is 10.9. The van der Waals surface area contributed by atoms with E-state index in [0.717, 1.165) is 19.9 Å². The monoisotopic (exact) mass is 228 g/mol. The third kappa shape index (κ3) is 1.54. The molecule has 1 nitrogen and oxygen atoms in total. The van der Waals surface area contributed by atoms with Gasteiger partial charge in [0.05, 0.1) is 0 Å². The average Bonchev–Trinajstić information content (AvgIpc) is 2.46. The molecule has 2 rings (SSSR count). The Balaban J connectivity index is 2.85. The van der Waals surface area contributed by atoms with Gasteiger partial charge in [0.25, 0.3) is 0 Å². The van der Waals surface area contributed by atoms with Gasteiger partial charge in [-0.3, -0.25) is 0 Å². The molecular weight excluding hydrogens is 220 g/mol. The van der Waals surface area contributed by atoms with Crippen LogP contribution >= 0.6 is 35.7 Å². The fourth-order valence-corrected chi connectivity index (χ4v) is 3.31. The number of thiophene rings is 1. The lowest BCUT2D eigenvalue weighted by Crippen LogP contribution is -1.73.